The minimum Gasteiger partial charge on any atom is -0.496 e. The summed E-state index contributed by atoms with van der Waals surface area (Å²) in [4.78, 5) is 11.7. The van der Waals surface area contributed by atoms with Crippen LogP contribution in [0.4, 0.5) is 0 Å². The first-order valence-corrected chi connectivity index (χ1v) is 5.77. The van der Waals surface area contributed by atoms with E-state index in [9.17, 15) is 4.79 Å². The van der Waals surface area contributed by atoms with E-state index >= 15 is 0 Å². The van der Waals surface area contributed by atoms with Crippen LogP contribution in [0.25, 0.3) is 0 Å². The Kier molecular flexibility index (Phi) is 5.49. The Morgan fingerprint density at radius 1 is 1.47 bits per heavy atom. The maximum absolute atomic E-state index is 11.7. The highest BCUT2D eigenvalue weighted by Crippen LogP contribution is 2.17. The first-order chi connectivity index (χ1) is 8.13. The number of rotatable bonds is 6. The zero-order chi connectivity index (χ0) is 12.7. The van der Waals surface area contributed by atoms with E-state index in [1.165, 1.54) is 0 Å². The Bertz CT molecular complexity index is 364. The number of carbonyl (C=O) groups excluding carboxylic acids is 1. The van der Waals surface area contributed by atoms with Crippen LogP contribution in [0.2, 0.25) is 0 Å². The Morgan fingerprint density at radius 3 is 2.82 bits per heavy atom. The van der Waals surface area contributed by atoms with Gasteiger partial charge in [0.1, 0.15) is 5.75 Å². The standard InChI is InChI=1S/C13H20N2O2/c1-10(14)7-8-15-13(16)9-11-5-3-4-6-12(11)17-2/h3-6,10H,7-9,14H2,1-2H3,(H,15,16)/t10-/m0/s1. The van der Waals surface area contributed by atoms with Gasteiger partial charge in [-0.25, -0.2) is 0 Å². The third-order valence-electron chi connectivity index (χ3n) is 2.47. The molecular formula is C13H20N2O2. The number of nitrogens with one attached hydrogen (secondary N) is 1. The Balaban J connectivity index is 2.45. The van der Waals surface area contributed by atoms with Crippen molar-refractivity contribution in [3.05, 3.63) is 29.8 Å². The van der Waals surface area contributed by atoms with Crippen LogP contribution in [0.15, 0.2) is 24.3 Å². The van der Waals surface area contributed by atoms with Crippen LogP contribution < -0.4 is 15.8 Å². The largest absolute Gasteiger partial charge is 0.496 e. The van der Waals surface area contributed by atoms with Crippen molar-refractivity contribution in [3.63, 3.8) is 0 Å². The highest BCUT2D eigenvalue weighted by atomic mass is 16.5. The lowest BCUT2D eigenvalue weighted by Gasteiger charge is -2.09. The molecule has 0 aliphatic rings. The zero-order valence-corrected chi connectivity index (χ0v) is 10.4. The zero-order valence-electron chi connectivity index (χ0n) is 10.4. The monoisotopic (exact) mass is 236 g/mol. The number of carbonyl (C=O) groups is 1. The van der Waals surface area contributed by atoms with Gasteiger partial charge in [0.2, 0.25) is 5.91 Å². The van der Waals surface area contributed by atoms with E-state index < -0.39 is 0 Å². The summed E-state index contributed by atoms with van der Waals surface area (Å²) in [5, 5.41) is 2.84. The summed E-state index contributed by atoms with van der Waals surface area (Å²) in [5.41, 5.74) is 6.50. The molecule has 0 aliphatic carbocycles. The summed E-state index contributed by atoms with van der Waals surface area (Å²) in [7, 11) is 1.60. The molecule has 1 aromatic rings. The molecule has 0 aromatic heterocycles. The molecule has 4 heteroatoms. The van der Waals surface area contributed by atoms with Crippen molar-refractivity contribution in [1.82, 2.24) is 5.32 Å². The molecular weight excluding hydrogens is 216 g/mol. The first kappa shape index (κ1) is 13.5. The lowest BCUT2D eigenvalue weighted by molar-refractivity contribution is -0.120. The van der Waals surface area contributed by atoms with E-state index in [0.29, 0.717) is 13.0 Å². The number of benzene rings is 1. The third kappa shape index (κ3) is 4.87. The van der Waals surface area contributed by atoms with E-state index in [1.54, 1.807) is 7.11 Å². The summed E-state index contributed by atoms with van der Waals surface area (Å²) in [6, 6.07) is 7.64. The van der Waals surface area contributed by atoms with E-state index in [0.717, 1.165) is 17.7 Å². The van der Waals surface area contributed by atoms with Crippen LogP contribution in [0.1, 0.15) is 18.9 Å². The number of amides is 1. The molecule has 0 saturated carbocycles. The fourth-order valence-corrected chi connectivity index (χ4v) is 1.52. The molecule has 0 unspecified atom stereocenters. The molecule has 1 rings (SSSR count). The van der Waals surface area contributed by atoms with Crippen molar-refractivity contribution >= 4 is 5.91 Å². The number of ether oxygens (including phenoxy) is 1. The average Bonchev–Trinajstić information content (AvgIpc) is 2.29. The van der Waals surface area contributed by atoms with Crippen molar-refractivity contribution in [2.75, 3.05) is 13.7 Å². The van der Waals surface area contributed by atoms with Gasteiger partial charge in [-0.2, -0.15) is 0 Å². The molecule has 1 amide bonds. The molecule has 17 heavy (non-hydrogen) atoms. The molecule has 3 N–H and O–H groups in total. The van der Waals surface area contributed by atoms with Crippen LogP contribution in [0.3, 0.4) is 0 Å². The lowest BCUT2D eigenvalue weighted by atomic mass is 10.1. The molecule has 0 saturated heterocycles. The maximum Gasteiger partial charge on any atom is 0.224 e. The molecule has 0 aliphatic heterocycles. The molecule has 1 aromatic carbocycles. The second kappa shape index (κ2) is 6.91. The quantitative estimate of drug-likeness (QED) is 0.777. The Morgan fingerprint density at radius 2 is 2.18 bits per heavy atom. The van der Waals surface area contributed by atoms with Crippen molar-refractivity contribution in [2.45, 2.75) is 25.8 Å². The van der Waals surface area contributed by atoms with Gasteiger partial charge >= 0.3 is 0 Å². The van der Waals surface area contributed by atoms with E-state index in [-0.39, 0.29) is 11.9 Å². The minimum atomic E-state index is -0.00449. The summed E-state index contributed by atoms with van der Waals surface area (Å²) < 4.78 is 5.19. The molecule has 94 valence electrons. The van der Waals surface area contributed by atoms with Crippen molar-refractivity contribution < 1.29 is 9.53 Å². The number of nitrogens with two attached hydrogens (primary N) is 1. The number of hydrogen-bond acceptors (Lipinski definition) is 3. The van der Waals surface area contributed by atoms with Gasteiger partial charge in [-0.1, -0.05) is 18.2 Å². The normalized spacial score (nSPS) is 11.9. The highest BCUT2D eigenvalue weighted by molar-refractivity contribution is 5.79. The van der Waals surface area contributed by atoms with Crippen molar-refractivity contribution in [1.29, 1.82) is 0 Å². The summed E-state index contributed by atoms with van der Waals surface area (Å²) in [6.45, 7) is 2.54. The van der Waals surface area contributed by atoms with E-state index in [2.05, 4.69) is 5.32 Å². The second-order valence-electron chi connectivity index (χ2n) is 4.10. The number of hydrogen-bond donors (Lipinski definition) is 2. The van der Waals surface area contributed by atoms with E-state index in [1.807, 2.05) is 31.2 Å². The summed E-state index contributed by atoms with van der Waals surface area (Å²) in [6.07, 6.45) is 1.13. The van der Waals surface area contributed by atoms with Gasteiger partial charge in [0.25, 0.3) is 0 Å². The van der Waals surface area contributed by atoms with Crippen LogP contribution >= 0.6 is 0 Å². The first-order valence-electron chi connectivity index (χ1n) is 5.77. The van der Waals surface area contributed by atoms with Gasteiger partial charge in [0, 0.05) is 18.2 Å². The number of methoxy groups -OCH3 is 1. The van der Waals surface area contributed by atoms with Gasteiger partial charge in [-0.05, 0) is 19.4 Å². The Hall–Kier alpha value is -1.55. The fraction of sp³-hybridized carbons (Fsp3) is 0.462. The molecule has 4 nitrogen and oxygen atoms in total. The van der Waals surface area contributed by atoms with Gasteiger partial charge in [-0.3, -0.25) is 4.79 Å². The molecule has 0 radical (unpaired) electrons. The third-order valence-corrected chi connectivity index (χ3v) is 2.47. The molecule has 0 heterocycles. The lowest BCUT2D eigenvalue weighted by Crippen LogP contribution is -2.30. The predicted molar refractivity (Wildman–Crippen MR) is 68.0 cm³/mol. The minimum absolute atomic E-state index is 0.00449. The average molecular weight is 236 g/mol. The highest BCUT2D eigenvalue weighted by Gasteiger charge is 2.07. The van der Waals surface area contributed by atoms with Gasteiger partial charge in [0.05, 0.1) is 13.5 Å². The Labute approximate surface area is 102 Å². The topological polar surface area (TPSA) is 64.3 Å². The molecule has 0 bridgehead atoms. The van der Waals surface area contributed by atoms with E-state index in [4.69, 9.17) is 10.5 Å². The molecule has 0 fully saturated rings. The smallest absolute Gasteiger partial charge is 0.224 e. The van der Waals surface area contributed by atoms with Crippen LogP contribution in [-0.4, -0.2) is 25.6 Å². The van der Waals surface area contributed by atoms with Crippen LogP contribution in [0.5, 0.6) is 5.75 Å². The maximum atomic E-state index is 11.7. The van der Waals surface area contributed by atoms with Crippen LogP contribution in [-0.2, 0) is 11.2 Å². The summed E-state index contributed by atoms with van der Waals surface area (Å²) in [5.74, 6) is 0.741. The number of para-hydroxylation sites is 1. The second-order valence-corrected chi connectivity index (χ2v) is 4.10. The van der Waals surface area contributed by atoms with Gasteiger partial charge < -0.3 is 15.8 Å². The van der Waals surface area contributed by atoms with Crippen LogP contribution in [0, 0.1) is 0 Å². The predicted octanol–water partition coefficient (Wildman–Crippen LogP) is 1.09. The molecule has 1 atom stereocenters. The van der Waals surface area contributed by atoms with Gasteiger partial charge in [0.15, 0.2) is 0 Å². The molecule has 0 spiro atoms. The van der Waals surface area contributed by atoms with Gasteiger partial charge in [-0.15, -0.1) is 0 Å². The van der Waals surface area contributed by atoms with Crippen molar-refractivity contribution in [3.8, 4) is 5.75 Å². The van der Waals surface area contributed by atoms with Crippen molar-refractivity contribution in [2.24, 2.45) is 5.73 Å². The fourth-order valence-electron chi connectivity index (χ4n) is 1.52. The SMILES string of the molecule is COc1ccccc1CC(=O)NCC[C@H](C)N. The summed E-state index contributed by atoms with van der Waals surface area (Å²) >= 11 is 0.